The first-order chi connectivity index (χ1) is 12.9. The van der Waals surface area contributed by atoms with E-state index in [2.05, 4.69) is 15.3 Å². The van der Waals surface area contributed by atoms with Crippen molar-refractivity contribution in [2.45, 2.75) is 4.90 Å². The van der Waals surface area contributed by atoms with Gasteiger partial charge in [0.2, 0.25) is 5.95 Å². The smallest absolute Gasteiger partial charge is 0.264 e. The van der Waals surface area contributed by atoms with E-state index in [4.69, 9.17) is 11.6 Å². The molecule has 0 fully saturated rings. The average molecular weight is 403 g/mol. The quantitative estimate of drug-likeness (QED) is 0.707. The molecule has 138 valence electrons. The van der Waals surface area contributed by atoms with Gasteiger partial charge in [0.15, 0.2) is 0 Å². The molecule has 1 N–H and O–H groups in total. The summed E-state index contributed by atoms with van der Waals surface area (Å²) >= 11 is 5.94. The van der Waals surface area contributed by atoms with Crippen LogP contribution in [0.2, 0.25) is 5.02 Å². The number of halogens is 1. The van der Waals surface area contributed by atoms with Crippen LogP contribution in [-0.4, -0.2) is 31.3 Å². The number of benzene rings is 2. The molecule has 3 rings (SSSR count). The van der Waals surface area contributed by atoms with E-state index in [9.17, 15) is 13.2 Å². The molecule has 0 aliphatic carbocycles. The summed E-state index contributed by atoms with van der Waals surface area (Å²) in [6.07, 6.45) is 2.98. The van der Waals surface area contributed by atoms with Crippen LogP contribution in [0.5, 0.6) is 0 Å². The van der Waals surface area contributed by atoms with Crippen molar-refractivity contribution in [3.63, 3.8) is 0 Å². The Morgan fingerprint density at radius 3 is 2.44 bits per heavy atom. The fraction of sp³-hybridized carbons (Fsp3) is 0.0556. The van der Waals surface area contributed by atoms with Crippen molar-refractivity contribution in [1.29, 1.82) is 0 Å². The number of aromatic nitrogens is 2. The van der Waals surface area contributed by atoms with E-state index in [-0.39, 0.29) is 16.4 Å². The van der Waals surface area contributed by atoms with Crippen molar-refractivity contribution in [3.8, 4) is 0 Å². The Hall–Kier alpha value is -2.97. The third-order valence-electron chi connectivity index (χ3n) is 3.72. The monoisotopic (exact) mass is 402 g/mol. The second-order valence-electron chi connectivity index (χ2n) is 5.51. The molecule has 1 aromatic heterocycles. The predicted octanol–water partition coefficient (Wildman–Crippen LogP) is 3.21. The minimum Gasteiger partial charge on any atom is -0.290 e. The SMILES string of the molecule is CN(c1cccc(Cl)c1)S(=O)(=O)c1cccc(C(=O)Nc2ncccn2)c1. The van der Waals surface area contributed by atoms with Gasteiger partial charge in [-0.3, -0.25) is 14.4 Å². The fourth-order valence-corrected chi connectivity index (χ4v) is 3.72. The van der Waals surface area contributed by atoms with Gasteiger partial charge in [0.05, 0.1) is 10.6 Å². The average Bonchev–Trinajstić information content (AvgIpc) is 2.68. The minimum atomic E-state index is -3.87. The Bertz CT molecular complexity index is 1070. The maximum Gasteiger partial charge on any atom is 0.264 e. The number of carbonyl (C=O) groups excluding carboxylic acids is 1. The Labute approximate surface area is 161 Å². The minimum absolute atomic E-state index is 0.0217. The molecule has 7 nitrogen and oxygen atoms in total. The molecule has 0 aliphatic heterocycles. The molecular formula is C18H15ClN4O3S. The van der Waals surface area contributed by atoms with Gasteiger partial charge in [-0.1, -0.05) is 23.7 Å². The summed E-state index contributed by atoms with van der Waals surface area (Å²) in [6.45, 7) is 0. The Morgan fingerprint density at radius 2 is 1.74 bits per heavy atom. The van der Waals surface area contributed by atoms with Crippen molar-refractivity contribution in [2.24, 2.45) is 0 Å². The molecule has 1 heterocycles. The van der Waals surface area contributed by atoms with Gasteiger partial charge >= 0.3 is 0 Å². The van der Waals surface area contributed by atoms with Crippen molar-refractivity contribution in [1.82, 2.24) is 9.97 Å². The number of amides is 1. The Balaban J connectivity index is 1.88. The number of nitrogens with one attached hydrogen (secondary N) is 1. The van der Waals surface area contributed by atoms with E-state index < -0.39 is 15.9 Å². The lowest BCUT2D eigenvalue weighted by Crippen LogP contribution is -2.27. The lowest BCUT2D eigenvalue weighted by atomic mass is 10.2. The number of sulfonamides is 1. The van der Waals surface area contributed by atoms with Gasteiger partial charge in [0, 0.05) is 30.0 Å². The third kappa shape index (κ3) is 4.24. The summed E-state index contributed by atoms with van der Waals surface area (Å²) in [5.41, 5.74) is 0.582. The van der Waals surface area contributed by atoms with Gasteiger partial charge in [0.25, 0.3) is 15.9 Å². The highest BCUT2D eigenvalue weighted by molar-refractivity contribution is 7.92. The highest BCUT2D eigenvalue weighted by Crippen LogP contribution is 2.25. The molecule has 0 spiro atoms. The summed E-state index contributed by atoms with van der Waals surface area (Å²) in [6, 6.07) is 13.8. The third-order valence-corrected chi connectivity index (χ3v) is 5.73. The second-order valence-corrected chi connectivity index (χ2v) is 7.91. The van der Waals surface area contributed by atoms with Crippen molar-refractivity contribution in [2.75, 3.05) is 16.7 Å². The highest BCUT2D eigenvalue weighted by Gasteiger charge is 2.22. The molecule has 3 aromatic rings. The highest BCUT2D eigenvalue weighted by atomic mass is 35.5. The molecule has 0 saturated carbocycles. The Kier molecular flexibility index (Phi) is 5.38. The van der Waals surface area contributed by atoms with Crippen LogP contribution in [0.4, 0.5) is 11.6 Å². The van der Waals surface area contributed by atoms with Crippen LogP contribution in [0.3, 0.4) is 0 Å². The van der Waals surface area contributed by atoms with E-state index in [0.29, 0.717) is 10.7 Å². The molecule has 0 unspecified atom stereocenters. The first kappa shape index (κ1) is 18.8. The van der Waals surface area contributed by atoms with E-state index in [1.165, 1.54) is 43.7 Å². The molecule has 1 amide bonds. The van der Waals surface area contributed by atoms with Gasteiger partial charge in [-0.25, -0.2) is 18.4 Å². The largest absolute Gasteiger partial charge is 0.290 e. The van der Waals surface area contributed by atoms with Gasteiger partial charge < -0.3 is 0 Å². The molecule has 27 heavy (non-hydrogen) atoms. The van der Waals surface area contributed by atoms with Crippen LogP contribution in [0, 0.1) is 0 Å². The first-order valence-electron chi connectivity index (χ1n) is 7.81. The van der Waals surface area contributed by atoms with Crippen molar-refractivity contribution >= 4 is 39.2 Å². The van der Waals surface area contributed by atoms with Crippen LogP contribution >= 0.6 is 11.6 Å². The summed E-state index contributed by atoms with van der Waals surface area (Å²) in [5, 5.41) is 2.94. The number of nitrogens with zero attached hydrogens (tertiary/aromatic N) is 3. The Morgan fingerprint density at radius 1 is 1.04 bits per heavy atom. The van der Waals surface area contributed by atoms with Crippen molar-refractivity contribution < 1.29 is 13.2 Å². The number of hydrogen-bond acceptors (Lipinski definition) is 5. The maximum atomic E-state index is 12.9. The first-order valence-corrected chi connectivity index (χ1v) is 9.62. The number of carbonyl (C=O) groups is 1. The summed E-state index contributed by atoms with van der Waals surface area (Å²) in [7, 11) is -2.45. The number of anilines is 2. The number of rotatable bonds is 5. The van der Waals surface area contributed by atoms with E-state index in [0.717, 1.165) is 4.31 Å². The van der Waals surface area contributed by atoms with Gasteiger partial charge in [0.1, 0.15) is 0 Å². The summed E-state index contributed by atoms with van der Waals surface area (Å²) < 4.78 is 26.9. The van der Waals surface area contributed by atoms with Crippen LogP contribution in [0.1, 0.15) is 10.4 Å². The molecule has 0 atom stereocenters. The topological polar surface area (TPSA) is 92.3 Å². The zero-order valence-corrected chi connectivity index (χ0v) is 15.8. The normalized spacial score (nSPS) is 11.0. The van der Waals surface area contributed by atoms with Crippen LogP contribution in [-0.2, 0) is 10.0 Å². The molecule has 0 bridgehead atoms. The fourth-order valence-electron chi connectivity index (χ4n) is 2.30. The lowest BCUT2D eigenvalue weighted by Gasteiger charge is -2.20. The summed E-state index contributed by atoms with van der Waals surface area (Å²) in [4.78, 5) is 20.2. The van der Waals surface area contributed by atoms with Crippen LogP contribution in [0.25, 0.3) is 0 Å². The molecule has 9 heteroatoms. The van der Waals surface area contributed by atoms with E-state index in [1.807, 2.05) is 0 Å². The van der Waals surface area contributed by atoms with Crippen LogP contribution in [0.15, 0.2) is 71.9 Å². The lowest BCUT2D eigenvalue weighted by molar-refractivity contribution is 0.102. The second kappa shape index (κ2) is 7.73. The van der Waals surface area contributed by atoms with Gasteiger partial charge in [-0.05, 0) is 42.5 Å². The molecule has 0 radical (unpaired) electrons. The van der Waals surface area contributed by atoms with Gasteiger partial charge in [-0.2, -0.15) is 0 Å². The molecular weight excluding hydrogens is 388 g/mol. The zero-order chi connectivity index (χ0) is 19.4. The molecule has 0 saturated heterocycles. The summed E-state index contributed by atoms with van der Waals surface area (Å²) in [5.74, 6) is -0.379. The zero-order valence-electron chi connectivity index (χ0n) is 14.2. The molecule has 0 aliphatic rings. The van der Waals surface area contributed by atoms with Gasteiger partial charge in [-0.15, -0.1) is 0 Å². The van der Waals surface area contributed by atoms with Crippen molar-refractivity contribution in [3.05, 3.63) is 77.6 Å². The number of hydrogen-bond donors (Lipinski definition) is 1. The predicted molar refractivity (Wildman–Crippen MR) is 103 cm³/mol. The van der Waals surface area contributed by atoms with Crippen LogP contribution < -0.4 is 9.62 Å². The maximum absolute atomic E-state index is 12.9. The van der Waals surface area contributed by atoms with E-state index in [1.54, 1.807) is 30.3 Å². The molecule has 2 aromatic carbocycles. The van der Waals surface area contributed by atoms with E-state index >= 15 is 0 Å². The standard InChI is InChI=1S/C18H15ClN4O3S/c1-23(15-7-3-6-14(19)12-15)27(25,26)16-8-2-5-13(11-16)17(24)22-18-20-9-4-10-21-18/h2-12H,1H3,(H,20,21,22,24).